The number of aromatic carboxylic acids is 1. The number of carboxylic acids is 1. The Morgan fingerprint density at radius 3 is 2.46 bits per heavy atom. The summed E-state index contributed by atoms with van der Waals surface area (Å²) in [6, 6.07) is 14.7. The van der Waals surface area contributed by atoms with Gasteiger partial charge < -0.3 is 10.2 Å². The number of carboxylic acid groups (broad SMARTS) is 1. The summed E-state index contributed by atoms with van der Waals surface area (Å²) < 4.78 is 1.14. The van der Waals surface area contributed by atoms with Gasteiger partial charge >= 0.3 is 5.97 Å². The van der Waals surface area contributed by atoms with E-state index in [4.69, 9.17) is 5.11 Å². The first-order valence-electron chi connectivity index (χ1n) is 9.11. The number of aliphatic hydroxyl groups is 1. The standard InChI is InChI=1S/C21H25IN2O4/c1-15(25)24(12-10-16-5-7-18(8-6-16)21(27)28)23-11-9-20(26)14-17-3-2-4-19(22)13-17/h2-8,13,20,23,26H,9-12,14H2,1H3,(H,27,28). The van der Waals surface area contributed by atoms with Crippen molar-refractivity contribution in [3.63, 3.8) is 0 Å². The lowest BCUT2D eigenvalue weighted by Crippen LogP contribution is -2.44. The van der Waals surface area contributed by atoms with Gasteiger partial charge in [0.25, 0.3) is 0 Å². The summed E-state index contributed by atoms with van der Waals surface area (Å²) in [5.74, 6) is -1.06. The van der Waals surface area contributed by atoms with Crippen molar-refractivity contribution in [2.24, 2.45) is 0 Å². The lowest BCUT2D eigenvalue weighted by molar-refractivity contribution is -0.132. The van der Waals surface area contributed by atoms with Crippen LogP contribution in [0.15, 0.2) is 48.5 Å². The van der Waals surface area contributed by atoms with Crippen LogP contribution >= 0.6 is 22.6 Å². The maximum absolute atomic E-state index is 11.8. The number of benzene rings is 2. The second kappa shape index (κ2) is 11.1. The first-order valence-corrected chi connectivity index (χ1v) is 10.2. The zero-order valence-corrected chi connectivity index (χ0v) is 17.9. The highest BCUT2D eigenvalue weighted by Crippen LogP contribution is 2.11. The molecule has 2 aromatic carbocycles. The van der Waals surface area contributed by atoms with Crippen LogP contribution in [0.2, 0.25) is 0 Å². The monoisotopic (exact) mass is 496 g/mol. The minimum absolute atomic E-state index is 0.103. The molecule has 0 aliphatic carbocycles. The van der Waals surface area contributed by atoms with Crippen LogP contribution in [0.5, 0.6) is 0 Å². The van der Waals surface area contributed by atoms with Gasteiger partial charge in [0.1, 0.15) is 0 Å². The number of nitrogens with one attached hydrogen (secondary N) is 1. The molecule has 1 unspecified atom stereocenters. The maximum Gasteiger partial charge on any atom is 0.335 e. The predicted molar refractivity (Wildman–Crippen MR) is 116 cm³/mol. The van der Waals surface area contributed by atoms with Crippen LogP contribution in [0, 0.1) is 3.57 Å². The normalized spacial score (nSPS) is 11.8. The molecule has 6 nitrogen and oxygen atoms in total. The first kappa shape index (κ1) is 22.3. The average Bonchev–Trinajstić information content (AvgIpc) is 2.64. The van der Waals surface area contributed by atoms with Gasteiger partial charge in [-0.3, -0.25) is 9.80 Å². The van der Waals surface area contributed by atoms with E-state index in [2.05, 4.69) is 34.1 Å². The fraction of sp³-hybridized carbons (Fsp3) is 0.333. The molecule has 3 N–H and O–H groups in total. The number of hydrazine groups is 1. The smallest absolute Gasteiger partial charge is 0.335 e. The second-order valence-corrected chi connectivity index (χ2v) is 7.85. The molecule has 0 aliphatic heterocycles. The van der Waals surface area contributed by atoms with Gasteiger partial charge in [-0.15, -0.1) is 0 Å². The second-order valence-electron chi connectivity index (χ2n) is 6.61. The fourth-order valence-corrected chi connectivity index (χ4v) is 3.41. The Morgan fingerprint density at radius 2 is 1.86 bits per heavy atom. The Bertz CT molecular complexity index is 795. The third-order valence-electron chi connectivity index (χ3n) is 4.35. The number of rotatable bonds is 10. The molecule has 0 saturated carbocycles. The van der Waals surface area contributed by atoms with Gasteiger partial charge in [0, 0.05) is 23.6 Å². The Hall–Kier alpha value is -1.97. The summed E-state index contributed by atoms with van der Waals surface area (Å²) in [5, 5.41) is 20.7. The van der Waals surface area contributed by atoms with Gasteiger partial charge in [0.2, 0.25) is 5.91 Å². The van der Waals surface area contributed by atoms with Crippen LogP contribution in [-0.4, -0.2) is 46.3 Å². The van der Waals surface area contributed by atoms with Crippen LogP contribution in [-0.2, 0) is 17.6 Å². The SMILES string of the molecule is CC(=O)N(CCc1ccc(C(=O)O)cc1)NCCC(O)Cc1cccc(I)c1. The highest BCUT2D eigenvalue weighted by Gasteiger charge is 2.11. The molecule has 0 spiro atoms. The third-order valence-corrected chi connectivity index (χ3v) is 5.02. The summed E-state index contributed by atoms with van der Waals surface area (Å²) >= 11 is 2.25. The van der Waals surface area contributed by atoms with Gasteiger partial charge in [-0.05, 0) is 77.2 Å². The molecule has 0 fully saturated rings. The fourth-order valence-electron chi connectivity index (χ4n) is 2.81. The molecule has 2 rings (SSSR count). The Labute approximate surface area is 178 Å². The highest BCUT2D eigenvalue weighted by atomic mass is 127. The van der Waals surface area contributed by atoms with E-state index in [1.54, 1.807) is 24.3 Å². The van der Waals surface area contributed by atoms with E-state index in [9.17, 15) is 14.7 Å². The van der Waals surface area contributed by atoms with Crippen molar-refractivity contribution in [2.75, 3.05) is 13.1 Å². The molecule has 7 heteroatoms. The first-order chi connectivity index (χ1) is 13.3. The lowest BCUT2D eigenvalue weighted by Gasteiger charge is -2.23. The molecule has 0 bridgehead atoms. The van der Waals surface area contributed by atoms with Crippen molar-refractivity contribution in [2.45, 2.75) is 32.3 Å². The van der Waals surface area contributed by atoms with Gasteiger partial charge in [-0.25, -0.2) is 10.2 Å². The van der Waals surface area contributed by atoms with Gasteiger partial charge in [0.05, 0.1) is 11.7 Å². The number of halogens is 1. The molecule has 28 heavy (non-hydrogen) atoms. The van der Waals surface area contributed by atoms with Crippen LogP contribution in [0.4, 0.5) is 0 Å². The Balaban J connectivity index is 1.77. The highest BCUT2D eigenvalue weighted by molar-refractivity contribution is 14.1. The van der Waals surface area contributed by atoms with Crippen molar-refractivity contribution < 1.29 is 19.8 Å². The summed E-state index contributed by atoms with van der Waals surface area (Å²) in [6.45, 7) is 2.44. The summed E-state index contributed by atoms with van der Waals surface area (Å²) in [4.78, 5) is 22.7. The van der Waals surface area contributed by atoms with Gasteiger partial charge in [-0.1, -0.05) is 24.3 Å². The lowest BCUT2D eigenvalue weighted by atomic mass is 10.1. The maximum atomic E-state index is 11.8. The van der Waals surface area contributed by atoms with Crippen molar-refractivity contribution in [3.05, 3.63) is 68.8 Å². The van der Waals surface area contributed by atoms with Gasteiger partial charge in [-0.2, -0.15) is 0 Å². The van der Waals surface area contributed by atoms with E-state index < -0.39 is 12.1 Å². The van der Waals surface area contributed by atoms with Crippen LogP contribution < -0.4 is 5.43 Å². The number of aliphatic hydroxyl groups excluding tert-OH is 1. The quantitative estimate of drug-likeness (QED) is 0.348. The molecule has 0 heterocycles. The molecule has 0 aliphatic rings. The van der Waals surface area contributed by atoms with E-state index in [-0.39, 0.29) is 11.5 Å². The molecular formula is C21H25IN2O4. The third kappa shape index (κ3) is 7.57. The number of nitrogens with zero attached hydrogens (tertiary/aromatic N) is 1. The molecule has 0 aromatic heterocycles. The topological polar surface area (TPSA) is 89.9 Å². The van der Waals surface area contributed by atoms with E-state index >= 15 is 0 Å². The number of carbonyl (C=O) groups is 2. The largest absolute Gasteiger partial charge is 0.478 e. The zero-order chi connectivity index (χ0) is 20.5. The number of hydrogen-bond acceptors (Lipinski definition) is 4. The minimum Gasteiger partial charge on any atom is -0.478 e. The number of carbonyl (C=O) groups excluding carboxylic acids is 1. The summed E-state index contributed by atoms with van der Waals surface area (Å²) in [6.07, 6.45) is 1.23. The molecular weight excluding hydrogens is 471 g/mol. The molecule has 1 amide bonds. The number of hydrogen-bond donors (Lipinski definition) is 3. The van der Waals surface area contributed by atoms with Crippen molar-refractivity contribution >= 4 is 34.5 Å². The predicted octanol–water partition coefficient (Wildman–Crippen LogP) is 2.88. The molecule has 2 aromatic rings. The van der Waals surface area contributed by atoms with Crippen molar-refractivity contribution in [1.82, 2.24) is 10.4 Å². The Morgan fingerprint density at radius 1 is 1.14 bits per heavy atom. The Kier molecular flexibility index (Phi) is 8.88. The van der Waals surface area contributed by atoms with E-state index in [0.717, 1.165) is 14.7 Å². The molecule has 1 atom stereocenters. The molecule has 0 saturated heterocycles. The van der Waals surface area contributed by atoms with Crippen LogP contribution in [0.3, 0.4) is 0 Å². The van der Waals surface area contributed by atoms with Gasteiger partial charge in [0.15, 0.2) is 0 Å². The summed E-state index contributed by atoms with van der Waals surface area (Å²) in [7, 11) is 0. The summed E-state index contributed by atoms with van der Waals surface area (Å²) in [5.41, 5.74) is 5.36. The molecule has 150 valence electrons. The van der Waals surface area contributed by atoms with Crippen molar-refractivity contribution in [1.29, 1.82) is 0 Å². The zero-order valence-electron chi connectivity index (χ0n) is 15.8. The van der Waals surface area contributed by atoms with Crippen LogP contribution in [0.1, 0.15) is 34.8 Å². The van der Waals surface area contributed by atoms with E-state index in [1.807, 2.05) is 18.2 Å². The van der Waals surface area contributed by atoms with E-state index in [0.29, 0.717) is 32.4 Å². The van der Waals surface area contributed by atoms with Crippen LogP contribution in [0.25, 0.3) is 0 Å². The average molecular weight is 496 g/mol. The van der Waals surface area contributed by atoms with E-state index in [1.165, 1.54) is 11.9 Å². The number of amides is 1. The van der Waals surface area contributed by atoms with Crippen molar-refractivity contribution in [3.8, 4) is 0 Å². The minimum atomic E-state index is -0.956. The molecule has 0 radical (unpaired) electrons.